The molecule has 5 heteroatoms. The Morgan fingerprint density at radius 1 is 1.50 bits per heavy atom. The second-order valence-corrected chi connectivity index (χ2v) is 6.06. The van der Waals surface area contributed by atoms with E-state index in [0.29, 0.717) is 17.6 Å². The molecule has 1 atom stereocenters. The Morgan fingerprint density at radius 2 is 2.35 bits per heavy atom. The van der Waals surface area contributed by atoms with E-state index in [0.717, 1.165) is 18.8 Å². The molecule has 5 nitrogen and oxygen atoms in total. The van der Waals surface area contributed by atoms with Gasteiger partial charge in [-0.3, -0.25) is 9.89 Å². The first kappa shape index (κ1) is 13.4. The number of hydrogen-bond acceptors (Lipinski definition) is 3. The molecule has 1 saturated heterocycles. The molecule has 1 N–H and O–H groups in total. The minimum absolute atomic E-state index is 0.00620. The summed E-state index contributed by atoms with van der Waals surface area (Å²) in [4.78, 5) is 18.4. The first-order valence-corrected chi connectivity index (χ1v) is 7.43. The van der Waals surface area contributed by atoms with E-state index in [1.807, 2.05) is 4.52 Å². The van der Waals surface area contributed by atoms with Gasteiger partial charge in [0, 0.05) is 37.3 Å². The average Bonchev–Trinajstić information content (AvgIpc) is 2.80. The third-order valence-corrected chi connectivity index (χ3v) is 4.17. The second kappa shape index (κ2) is 5.40. The molecule has 1 aliphatic heterocycles. The summed E-state index contributed by atoms with van der Waals surface area (Å²) in [6.45, 7) is 6.87. The molecule has 0 spiro atoms. The molecule has 0 saturated carbocycles. The van der Waals surface area contributed by atoms with Gasteiger partial charge in [0.25, 0.3) is 0 Å². The molecule has 3 rings (SSSR count). The zero-order valence-electron chi connectivity index (χ0n) is 12.2. The highest BCUT2D eigenvalue weighted by molar-refractivity contribution is 5.36. The number of hydrogen-bond donors (Lipinski definition) is 1. The maximum Gasteiger partial charge on any atom is 0.183 e. The van der Waals surface area contributed by atoms with Crippen LogP contribution in [0.2, 0.25) is 0 Å². The van der Waals surface area contributed by atoms with Crippen molar-refractivity contribution in [3.8, 4) is 0 Å². The fourth-order valence-corrected chi connectivity index (χ4v) is 3.05. The smallest absolute Gasteiger partial charge is 0.183 e. The van der Waals surface area contributed by atoms with Crippen molar-refractivity contribution in [2.75, 3.05) is 13.1 Å². The van der Waals surface area contributed by atoms with Crippen LogP contribution in [0.4, 0.5) is 0 Å². The van der Waals surface area contributed by atoms with Gasteiger partial charge in [-0.15, -0.1) is 0 Å². The van der Waals surface area contributed by atoms with Crippen molar-refractivity contribution >= 4 is 5.65 Å². The van der Waals surface area contributed by atoms with Crippen molar-refractivity contribution in [2.45, 2.75) is 39.2 Å². The molecule has 0 aliphatic carbocycles. The third-order valence-electron chi connectivity index (χ3n) is 4.17. The predicted molar refractivity (Wildman–Crippen MR) is 78.9 cm³/mol. The van der Waals surface area contributed by atoms with Crippen molar-refractivity contribution in [1.29, 1.82) is 0 Å². The number of aromatic amines is 1. The first-order valence-electron chi connectivity index (χ1n) is 7.43. The van der Waals surface area contributed by atoms with Crippen LogP contribution in [0, 0.1) is 5.92 Å². The lowest BCUT2D eigenvalue weighted by atomic mass is 9.94. The number of aromatic nitrogens is 3. The highest BCUT2D eigenvalue weighted by atomic mass is 16.1. The van der Waals surface area contributed by atoms with Crippen LogP contribution in [-0.4, -0.2) is 38.6 Å². The summed E-state index contributed by atoms with van der Waals surface area (Å²) in [5, 5.41) is 3.26. The van der Waals surface area contributed by atoms with E-state index in [4.69, 9.17) is 0 Å². The van der Waals surface area contributed by atoms with Gasteiger partial charge in [0.2, 0.25) is 0 Å². The van der Waals surface area contributed by atoms with Crippen molar-refractivity contribution in [3.63, 3.8) is 0 Å². The molecule has 0 radical (unpaired) electrons. The first-order chi connectivity index (χ1) is 9.61. The van der Waals surface area contributed by atoms with E-state index in [-0.39, 0.29) is 5.43 Å². The number of H-pyrrole nitrogens is 1. The molecule has 20 heavy (non-hydrogen) atoms. The van der Waals surface area contributed by atoms with Crippen molar-refractivity contribution in [3.05, 3.63) is 34.4 Å². The summed E-state index contributed by atoms with van der Waals surface area (Å²) in [6, 6.07) is 3.74. The summed E-state index contributed by atoms with van der Waals surface area (Å²) in [6.07, 6.45) is 5.23. The van der Waals surface area contributed by atoms with Crippen LogP contribution in [0.3, 0.4) is 0 Å². The molecule has 0 amide bonds. The topological polar surface area (TPSA) is 53.4 Å². The Balaban J connectivity index is 1.74. The number of piperidine rings is 1. The number of nitrogens with one attached hydrogen (secondary N) is 1. The zero-order chi connectivity index (χ0) is 14.1. The van der Waals surface area contributed by atoms with Gasteiger partial charge in [0.1, 0.15) is 5.82 Å². The Morgan fingerprint density at radius 3 is 3.15 bits per heavy atom. The molecule has 1 fully saturated rings. The van der Waals surface area contributed by atoms with Crippen molar-refractivity contribution < 1.29 is 0 Å². The molecule has 0 aromatic carbocycles. The maximum atomic E-state index is 11.3. The Bertz CT molecular complexity index is 643. The van der Waals surface area contributed by atoms with E-state index in [1.54, 1.807) is 18.3 Å². The minimum atomic E-state index is 0.00620. The second-order valence-electron chi connectivity index (χ2n) is 6.06. The van der Waals surface area contributed by atoms with Gasteiger partial charge in [-0.1, -0.05) is 0 Å². The van der Waals surface area contributed by atoms with Gasteiger partial charge >= 0.3 is 0 Å². The standard InChI is InChI=1S/C15H22N4O/c1-11(2)18-6-3-4-12(10-18)8-14-16-15-9-13(20)5-7-19(15)17-14/h5,7,9,11-12H,3-4,6,8,10H2,1-2H3,(H,16,17). The largest absolute Gasteiger partial charge is 0.301 e. The van der Waals surface area contributed by atoms with Crippen LogP contribution in [0.15, 0.2) is 23.1 Å². The third kappa shape index (κ3) is 2.77. The van der Waals surface area contributed by atoms with Crippen LogP contribution in [0.5, 0.6) is 0 Å². The van der Waals surface area contributed by atoms with E-state index in [1.165, 1.54) is 19.4 Å². The summed E-state index contributed by atoms with van der Waals surface area (Å²) in [5.41, 5.74) is 0.718. The van der Waals surface area contributed by atoms with Gasteiger partial charge in [-0.05, 0) is 39.2 Å². The molecule has 3 heterocycles. The monoisotopic (exact) mass is 274 g/mol. The molecular formula is C15H22N4O. The lowest BCUT2D eigenvalue weighted by molar-refractivity contribution is 0.138. The number of pyridine rings is 1. The highest BCUT2D eigenvalue weighted by Gasteiger charge is 2.22. The van der Waals surface area contributed by atoms with E-state index >= 15 is 0 Å². The number of nitrogens with zero attached hydrogens (tertiary/aromatic N) is 3. The Hall–Kier alpha value is -1.62. The van der Waals surface area contributed by atoms with Crippen molar-refractivity contribution in [2.24, 2.45) is 5.92 Å². The molecular weight excluding hydrogens is 252 g/mol. The molecule has 108 valence electrons. The highest BCUT2D eigenvalue weighted by Crippen LogP contribution is 2.21. The Labute approximate surface area is 118 Å². The quantitative estimate of drug-likeness (QED) is 0.926. The van der Waals surface area contributed by atoms with Gasteiger partial charge in [-0.25, -0.2) is 9.50 Å². The maximum absolute atomic E-state index is 11.3. The van der Waals surface area contributed by atoms with Crippen LogP contribution in [0.1, 0.15) is 32.5 Å². The minimum Gasteiger partial charge on any atom is -0.301 e. The van der Waals surface area contributed by atoms with E-state index in [2.05, 4.69) is 28.8 Å². The van der Waals surface area contributed by atoms with E-state index < -0.39 is 0 Å². The number of fused-ring (bicyclic) bond motifs is 1. The predicted octanol–water partition coefficient (Wildman–Crippen LogP) is 1.69. The van der Waals surface area contributed by atoms with Crippen LogP contribution >= 0.6 is 0 Å². The SMILES string of the molecule is CC(C)N1CCCC(Cc2nc3cc(=O)ccn3[nH]2)C1. The number of likely N-dealkylation sites (tertiary alicyclic amines) is 1. The van der Waals surface area contributed by atoms with Crippen LogP contribution in [-0.2, 0) is 6.42 Å². The van der Waals surface area contributed by atoms with Gasteiger partial charge in [-0.2, -0.15) is 0 Å². The number of rotatable bonds is 3. The Kier molecular flexibility index (Phi) is 3.61. The molecule has 2 aromatic rings. The van der Waals surface area contributed by atoms with Gasteiger partial charge in [0.05, 0.1) is 0 Å². The zero-order valence-corrected chi connectivity index (χ0v) is 12.2. The van der Waals surface area contributed by atoms with Gasteiger partial charge < -0.3 is 4.90 Å². The summed E-state index contributed by atoms with van der Waals surface area (Å²) < 4.78 is 1.82. The fourth-order valence-electron chi connectivity index (χ4n) is 3.05. The summed E-state index contributed by atoms with van der Waals surface area (Å²) in [5.74, 6) is 1.63. The average molecular weight is 274 g/mol. The normalized spacial score (nSPS) is 20.9. The van der Waals surface area contributed by atoms with E-state index in [9.17, 15) is 4.79 Å². The lowest BCUT2D eigenvalue weighted by Gasteiger charge is -2.35. The summed E-state index contributed by atoms with van der Waals surface area (Å²) in [7, 11) is 0. The van der Waals surface area contributed by atoms with Crippen LogP contribution in [0.25, 0.3) is 5.65 Å². The van der Waals surface area contributed by atoms with Crippen LogP contribution < -0.4 is 5.43 Å². The van der Waals surface area contributed by atoms with Crippen molar-refractivity contribution in [1.82, 2.24) is 19.5 Å². The van der Waals surface area contributed by atoms with Gasteiger partial charge in [0.15, 0.2) is 11.1 Å². The summed E-state index contributed by atoms with van der Waals surface area (Å²) >= 11 is 0. The molecule has 2 aromatic heterocycles. The molecule has 1 unspecified atom stereocenters. The lowest BCUT2D eigenvalue weighted by Crippen LogP contribution is -2.40. The molecule has 0 bridgehead atoms. The fraction of sp³-hybridized carbons (Fsp3) is 0.600. The molecule has 1 aliphatic rings.